The van der Waals surface area contributed by atoms with Crippen LogP contribution in [0.3, 0.4) is 0 Å². The summed E-state index contributed by atoms with van der Waals surface area (Å²) >= 11 is 0. The lowest BCUT2D eigenvalue weighted by atomic mass is 10.0. The van der Waals surface area contributed by atoms with Gasteiger partial charge in [-0.25, -0.2) is 4.39 Å². The van der Waals surface area contributed by atoms with Crippen molar-refractivity contribution < 1.29 is 23.5 Å². The molecule has 0 fully saturated rings. The van der Waals surface area contributed by atoms with E-state index >= 15 is 0 Å². The van der Waals surface area contributed by atoms with Gasteiger partial charge in [-0.3, -0.25) is 19.5 Å². The highest BCUT2D eigenvalue weighted by Gasteiger charge is 2.39. The van der Waals surface area contributed by atoms with Crippen LogP contribution in [0.5, 0.6) is 11.5 Å². The van der Waals surface area contributed by atoms with Crippen molar-refractivity contribution in [3.05, 3.63) is 89.6 Å². The molecule has 0 radical (unpaired) electrons. The lowest BCUT2D eigenvalue weighted by Crippen LogP contribution is -2.32. The SMILES string of the molecule is COc1cc(NC2=C(c3ccc(F)cc3)C(=O)N(Cc3ccncc3)C2=O)cc(OC)c1. The molecule has 2 amide bonds. The monoisotopic (exact) mass is 433 g/mol. The molecule has 0 bridgehead atoms. The van der Waals surface area contributed by atoms with Crippen molar-refractivity contribution in [1.29, 1.82) is 0 Å². The summed E-state index contributed by atoms with van der Waals surface area (Å²) in [5.41, 5.74) is 1.93. The molecule has 32 heavy (non-hydrogen) atoms. The van der Waals surface area contributed by atoms with Crippen LogP contribution in [0.2, 0.25) is 0 Å². The molecule has 1 aliphatic rings. The fraction of sp³-hybridized carbons (Fsp3) is 0.125. The van der Waals surface area contributed by atoms with Gasteiger partial charge in [0.25, 0.3) is 11.8 Å². The summed E-state index contributed by atoms with van der Waals surface area (Å²) in [6.07, 6.45) is 3.19. The molecule has 1 aliphatic heterocycles. The van der Waals surface area contributed by atoms with Crippen LogP contribution in [0, 0.1) is 5.82 Å². The van der Waals surface area contributed by atoms with E-state index in [-0.39, 0.29) is 17.8 Å². The Bertz CT molecular complexity index is 1170. The van der Waals surface area contributed by atoms with E-state index in [1.165, 1.54) is 38.5 Å². The molecule has 1 aromatic heterocycles. The summed E-state index contributed by atoms with van der Waals surface area (Å²) in [6.45, 7) is 0.0808. The molecule has 162 valence electrons. The first-order valence-electron chi connectivity index (χ1n) is 9.75. The zero-order valence-corrected chi connectivity index (χ0v) is 17.5. The third kappa shape index (κ3) is 4.15. The van der Waals surface area contributed by atoms with E-state index < -0.39 is 17.6 Å². The average molecular weight is 433 g/mol. The minimum Gasteiger partial charge on any atom is -0.497 e. The molecule has 0 aliphatic carbocycles. The maximum Gasteiger partial charge on any atom is 0.278 e. The normalized spacial score (nSPS) is 13.5. The molecule has 0 unspecified atom stereocenters. The first-order chi connectivity index (χ1) is 15.5. The van der Waals surface area contributed by atoms with Crippen LogP contribution in [-0.2, 0) is 16.1 Å². The highest BCUT2D eigenvalue weighted by molar-refractivity contribution is 6.36. The number of hydrogen-bond donors (Lipinski definition) is 1. The molecule has 7 nitrogen and oxygen atoms in total. The maximum absolute atomic E-state index is 13.5. The number of imide groups is 1. The third-order valence-corrected chi connectivity index (χ3v) is 5.01. The predicted octanol–water partition coefficient (Wildman–Crippen LogP) is 3.63. The van der Waals surface area contributed by atoms with E-state index in [4.69, 9.17) is 9.47 Å². The number of benzene rings is 2. The van der Waals surface area contributed by atoms with E-state index in [0.717, 1.165) is 10.5 Å². The van der Waals surface area contributed by atoms with Gasteiger partial charge < -0.3 is 14.8 Å². The minimum absolute atomic E-state index is 0.0808. The van der Waals surface area contributed by atoms with Gasteiger partial charge in [-0.1, -0.05) is 12.1 Å². The van der Waals surface area contributed by atoms with E-state index in [1.54, 1.807) is 42.7 Å². The molecule has 2 heterocycles. The second kappa shape index (κ2) is 8.89. The first-order valence-corrected chi connectivity index (χ1v) is 9.75. The van der Waals surface area contributed by atoms with E-state index in [1.807, 2.05) is 0 Å². The number of rotatable bonds is 7. The van der Waals surface area contributed by atoms with Crippen molar-refractivity contribution in [2.24, 2.45) is 0 Å². The number of halogens is 1. The van der Waals surface area contributed by atoms with Crippen molar-refractivity contribution in [3.63, 3.8) is 0 Å². The molecule has 0 atom stereocenters. The van der Waals surface area contributed by atoms with Crippen LogP contribution in [0.25, 0.3) is 5.57 Å². The Morgan fingerprint density at radius 1 is 0.906 bits per heavy atom. The molecular formula is C24H20FN3O4. The Balaban J connectivity index is 1.76. The fourth-order valence-electron chi connectivity index (χ4n) is 3.41. The number of hydrogen-bond acceptors (Lipinski definition) is 6. The van der Waals surface area contributed by atoms with Crippen LogP contribution < -0.4 is 14.8 Å². The Morgan fingerprint density at radius 3 is 2.12 bits per heavy atom. The number of aromatic nitrogens is 1. The Labute approximate surface area is 184 Å². The van der Waals surface area contributed by atoms with Crippen LogP contribution in [0.4, 0.5) is 10.1 Å². The van der Waals surface area contributed by atoms with Gasteiger partial charge in [0.2, 0.25) is 0 Å². The van der Waals surface area contributed by atoms with Gasteiger partial charge in [0, 0.05) is 36.3 Å². The number of carbonyl (C=O) groups excluding carboxylic acids is 2. The Hall–Kier alpha value is -4.20. The topological polar surface area (TPSA) is 80.8 Å². The average Bonchev–Trinajstić information content (AvgIpc) is 3.04. The van der Waals surface area contributed by atoms with Crippen LogP contribution in [-0.4, -0.2) is 35.9 Å². The molecule has 3 aromatic rings. The zero-order valence-electron chi connectivity index (χ0n) is 17.5. The van der Waals surface area contributed by atoms with Gasteiger partial charge in [-0.15, -0.1) is 0 Å². The molecule has 0 spiro atoms. The second-order valence-electron chi connectivity index (χ2n) is 7.04. The number of methoxy groups -OCH3 is 2. The Morgan fingerprint density at radius 2 is 1.53 bits per heavy atom. The number of anilines is 1. The van der Waals surface area contributed by atoms with Crippen LogP contribution >= 0.6 is 0 Å². The summed E-state index contributed by atoms with van der Waals surface area (Å²) < 4.78 is 24.1. The summed E-state index contributed by atoms with van der Waals surface area (Å²) in [5.74, 6) is -0.377. The van der Waals surface area contributed by atoms with E-state index in [2.05, 4.69) is 10.3 Å². The molecule has 0 saturated carbocycles. The molecule has 1 N–H and O–H groups in total. The fourth-order valence-corrected chi connectivity index (χ4v) is 3.41. The lowest BCUT2D eigenvalue weighted by molar-refractivity contribution is -0.137. The van der Waals surface area contributed by atoms with Gasteiger partial charge in [0.05, 0.1) is 26.3 Å². The molecule has 0 saturated heterocycles. The summed E-state index contributed by atoms with van der Waals surface area (Å²) in [4.78, 5) is 31.7. The number of ether oxygens (including phenoxy) is 2. The van der Waals surface area contributed by atoms with Gasteiger partial charge in [0.1, 0.15) is 23.0 Å². The standard InChI is InChI=1S/C24H20FN3O4/c1-31-19-11-18(12-20(13-19)32-2)27-22-21(16-3-5-17(25)6-4-16)23(29)28(24(22)30)14-15-7-9-26-10-8-15/h3-13,27H,14H2,1-2H3. The number of amides is 2. The van der Waals surface area contributed by atoms with Crippen molar-refractivity contribution in [3.8, 4) is 11.5 Å². The Kier molecular flexibility index (Phi) is 5.85. The minimum atomic E-state index is -0.493. The number of carbonyl (C=O) groups is 2. The van der Waals surface area contributed by atoms with Gasteiger partial charge >= 0.3 is 0 Å². The van der Waals surface area contributed by atoms with Crippen LogP contribution in [0.15, 0.2) is 72.7 Å². The van der Waals surface area contributed by atoms with Gasteiger partial charge in [0.15, 0.2) is 0 Å². The van der Waals surface area contributed by atoms with Crippen molar-refractivity contribution in [1.82, 2.24) is 9.88 Å². The van der Waals surface area contributed by atoms with Crippen molar-refractivity contribution in [2.75, 3.05) is 19.5 Å². The number of pyridine rings is 1. The van der Waals surface area contributed by atoms with Gasteiger partial charge in [-0.05, 0) is 35.4 Å². The van der Waals surface area contributed by atoms with Crippen molar-refractivity contribution >= 4 is 23.1 Å². The predicted molar refractivity (Wildman–Crippen MR) is 116 cm³/mol. The summed E-state index contributed by atoms with van der Waals surface area (Å²) in [7, 11) is 3.03. The van der Waals surface area contributed by atoms with E-state index in [0.29, 0.717) is 22.7 Å². The highest BCUT2D eigenvalue weighted by Crippen LogP contribution is 2.33. The summed E-state index contributed by atoms with van der Waals surface area (Å²) in [5, 5.41) is 3.05. The highest BCUT2D eigenvalue weighted by atomic mass is 19.1. The number of nitrogens with one attached hydrogen (secondary N) is 1. The number of nitrogens with zero attached hydrogens (tertiary/aromatic N) is 2. The maximum atomic E-state index is 13.5. The molecule has 4 rings (SSSR count). The quantitative estimate of drug-likeness (QED) is 0.573. The van der Waals surface area contributed by atoms with Crippen molar-refractivity contribution in [2.45, 2.75) is 6.54 Å². The molecular weight excluding hydrogens is 413 g/mol. The first kappa shape index (κ1) is 21.0. The lowest BCUT2D eigenvalue weighted by Gasteiger charge is -2.15. The molecule has 8 heteroatoms. The smallest absolute Gasteiger partial charge is 0.278 e. The van der Waals surface area contributed by atoms with Crippen LogP contribution in [0.1, 0.15) is 11.1 Å². The zero-order chi connectivity index (χ0) is 22.7. The van der Waals surface area contributed by atoms with Gasteiger partial charge in [-0.2, -0.15) is 0 Å². The third-order valence-electron chi connectivity index (χ3n) is 5.01. The molecule has 2 aromatic carbocycles. The largest absolute Gasteiger partial charge is 0.497 e. The second-order valence-corrected chi connectivity index (χ2v) is 7.04. The summed E-state index contributed by atoms with van der Waals surface area (Å²) in [6, 6.07) is 14.0. The van der Waals surface area contributed by atoms with E-state index in [9.17, 15) is 14.0 Å².